The van der Waals surface area contributed by atoms with E-state index in [4.69, 9.17) is 4.74 Å². The van der Waals surface area contributed by atoms with Crippen molar-refractivity contribution in [3.63, 3.8) is 0 Å². The van der Waals surface area contributed by atoms with E-state index in [0.29, 0.717) is 6.54 Å². The molecule has 1 saturated heterocycles. The van der Waals surface area contributed by atoms with Crippen LogP contribution in [0, 0.1) is 20.8 Å². The molecular weight excluding hydrogens is 460 g/mol. The molecule has 7 nitrogen and oxygen atoms in total. The van der Waals surface area contributed by atoms with Crippen LogP contribution in [0.2, 0.25) is 0 Å². The van der Waals surface area contributed by atoms with Crippen LogP contribution >= 0.6 is 11.3 Å². The number of nitrogens with zero attached hydrogens (tertiary/aromatic N) is 3. The number of fused-ring (bicyclic) bond motifs is 1. The van der Waals surface area contributed by atoms with Crippen molar-refractivity contribution in [3.05, 3.63) is 46.5 Å². The summed E-state index contributed by atoms with van der Waals surface area (Å²) in [5.41, 5.74) is 4.99. The van der Waals surface area contributed by atoms with E-state index < -0.39 is 6.10 Å². The van der Waals surface area contributed by atoms with E-state index in [2.05, 4.69) is 53.0 Å². The second-order valence-electron chi connectivity index (χ2n) is 10.1. The van der Waals surface area contributed by atoms with Crippen molar-refractivity contribution >= 4 is 38.8 Å². The molecule has 4 rings (SSSR count). The van der Waals surface area contributed by atoms with Gasteiger partial charge >= 0.3 is 0 Å². The van der Waals surface area contributed by atoms with Crippen LogP contribution in [0.25, 0.3) is 10.2 Å². The summed E-state index contributed by atoms with van der Waals surface area (Å²) >= 11 is 1.67. The molecule has 0 bridgehead atoms. The minimum atomic E-state index is -0.596. The van der Waals surface area contributed by atoms with Gasteiger partial charge in [-0.2, -0.15) is 0 Å². The van der Waals surface area contributed by atoms with Gasteiger partial charge in [0.05, 0.1) is 15.2 Å². The Kier molecular flexibility index (Phi) is 7.35. The molecule has 0 unspecified atom stereocenters. The van der Waals surface area contributed by atoms with Gasteiger partial charge in [-0.15, -0.1) is 11.3 Å². The largest absolute Gasteiger partial charge is 0.491 e. The van der Waals surface area contributed by atoms with Crippen LogP contribution in [0.3, 0.4) is 0 Å². The van der Waals surface area contributed by atoms with Gasteiger partial charge in [0.25, 0.3) is 0 Å². The number of aryl methyl sites for hydroxylation is 2. The SMILES string of the molecule is CC(=O)Nc1c(C)ccc(N2CCN(C[C@H](O)COc3ccc4sc(C)nc4c3)C(C)(C)C2)c1C. The molecule has 0 radical (unpaired) electrons. The summed E-state index contributed by atoms with van der Waals surface area (Å²) in [6.07, 6.45) is -0.596. The zero-order chi connectivity index (χ0) is 25.3. The predicted molar refractivity (Wildman–Crippen MR) is 144 cm³/mol. The third-order valence-electron chi connectivity index (χ3n) is 6.70. The van der Waals surface area contributed by atoms with E-state index in [1.807, 2.05) is 32.0 Å². The first-order valence-electron chi connectivity index (χ1n) is 12.1. The van der Waals surface area contributed by atoms with Gasteiger partial charge in [-0.1, -0.05) is 6.07 Å². The normalized spacial score (nSPS) is 16.9. The van der Waals surface area contributed by atoms with Crippen molar-refractivity contribution in [1.29, 1.82) is 0 Å². The molecule has 0 saturated carbocycles. The van der Waals surface area contributed by atoms with Crippen molar-refractivity contribution in [2.75, 3.05) is 43.0 Å². The van der Waals surface area contributed by atoms with Gasteiger partial charge in [0.15, 0.2) is 0 Å². The molecule has 0 spiro atoms. The number of nitrogens with one attached hydrogen (secondary N) is 1. The van der Waals surface area contributed by atoms with Crippen molar-refractivity contribution in [2.45, 2.75) is 53.2 Å². The maximum Gasteiger partial charge on any atom is 0.221 e. The van der Waals surface area contributed by atoms with Crippen LogP contribution in [0.15, 0.2) is 30.3 Å². The molecular formula is C27H36N4O3S. The first-order chi connectivity index (χ1) is 16.5. The van der Waals surface area contributed by atoms with E-state index in [9.17, 15) is 9.90 Å². The Hall–Kier alpha value is -2.68. The molecule has 188 valence electrons. The van der Waals surface area contributed by atoms with Crippen molar-refractivity contribution < 1.29 is 14.6 Å². The monoisotopic (exact) mass is 496 g/mol. The molecule has 1 aliphatic rings. The lowest BCUT2D eigenvalue weighted by Gasteiger charge is -2.49. The zero-order valence-electron chi connectivity index (χ0n) is 21.5. The molecule has 8 heteroatoms. The molecule has 3 aromatic rings. The summed E-state index contributed by atoms with van der Waals surface area (Å²) < 4.78 is 7.04. The Balaban J connectivity index is 1.37. The van der Waals surface area contributed by atoms with Crippen LogP contribution in [-0.2, 0) is 4.79 Å². The van der Waals surface area contributed by atoms with Gasteiger partial charge in [0.1, 0.15) is 18.5 Å². The Labute approximate surface area is 211 Å². The Morgan fingerprint density at radius 2 is 2.00 bits per heavy atom. The highest BCUT2D eigenvalue weighted by Gasteiger charge is 2.35. The Morgan fingerprint density at radius 1 is 1.23 bits per heavy atom. The van der Waals surface area contributed by atoms with Crippen molar-refractivity contribution in [1.82, 2.24) is 9.88 Å². The highest BCUT2D eigenvalue weighted by Crippen LogP contribution is 2.33. The predicted octanol–water partition coefficient (Wildman–Crippen LogP) is 4.52. The second kappa shape index (κ2) is 10.1. The van der Waals surface area contributed by atoms with Crippen LogP contribution in [0.1, 0.15) is 36.9 Å². The Morgan fingerprint density at radius 3 is 2.71 bits per heavy atom. The number of amides is 1. The smallest absolute Gasteiger partial charge is 0.221 e. The summed E-state index contributed by atoms with van der Waals surface area (Å²) in [5.74, 6) is 0.673. The lowest BCUT2D eigenvalue weighted by Crippen LogP contribution is -2.61. The number of aliphatic hydroxyl groups is 1. The molecule has 1 aromatic heterocycles. The average molecular weight is 497 g/mol. The molecule has 2 heterocycles. The molecule has 1 fully saturated rings. The van der Waals surface area contributed by atoms with Crippen LogP contribution in [0.4, 0.5) is 11.4 Å². The molecule has 1 atom stereocenters. The number of piperazine rings is 1. The highest BCUT2D eigenvalue weighted by molar-refractivity contribution is 7.18. The number of aliphatic hydroxyl groups excluding tert-OH is 1. The van der Waals surface area contributed by atoms with E-state index >= 15 is 0 Å². The fourth-order valence-electron chi connectivity index (χ4n) is 4.89. The van der Waals surface area contributed by atoms with Crippen LogP contribution in [-0.4, -0.2) is 65.3 Å². The first kappa shape index (κ1) is 25.4. The first-order valence-corrected chi connectivity index (χ1v) is 12.9. The van der Waals surface area contributed by atoms with Gasteiger partial charge in [0.2, 0.25) is 5.91 Å². The van der Waals surface area contributed by atoms with Crippen molar-refractivity contribution in [2.24, 2.45) is 0 Å². The molecule has 0 aliphatic carbocycles. The van der Waals surface area contributed by atoms with Crippen molar-refractivity contribution in [3.8, 4) is 5.75 Å². The fourth-order valence-corrected chi connectivity index (χ4v) is 5.70. The average Bonchev–Trinajstić information content (AvgIpc) is 3.15. The number of ether oxygens (including phenoxy) is 1. The lowest BCUT2D eigenvalue weighted by atomic mass is 9.96. The standard InChI is InChI=1S/C27H36N4O3S/c1-17-7-9-24(18(2)26(17)28-19(3)32)30-11-12-31(27(5,6)16-30)14-21(33)15-34-22-8-10-25-23(13-22)29-20(4)35-25/h7-10,13,21,33H,11-12,14-16H2,1-6H3,(H,28,32)/t21-/m0/s1. The number of aromatic nitrogens is 1. The molecule has 2 aromatic carbocycles. The van der Waals surface area contributed by atoms with Gasteiger partial charge in [-0.3, -0.25) is 9.69 Å². The fraction of sp³-hybridized carbons (Fsp3) is 0.481. The number of hydrogen-bond acceptors (Lipinski definition) is 7. The van der Waals surface area contributed by atoms with Crippen LogP contribution in [0.5, 0.6) is 5.75 Å². The quantitative estimate of drug-likeness (QED) is 0.501. The molecule has 2 N–H and O–H groups in total. The number of benzene rings is 2. The maximum absolute atomic E-state index is 11.7. The minimum Gasteiger partial charge on any atom is -0.491 e. The van der Waals surface area contributed by atoms with Crippen LogP contribution < -0.4 is 15.0 Å². The summed E-state index contributed by atoms with van der Waals surface area (Å²) in [4.78, 5) is 20.9. The summed E-state index contributed by atoms with van der Waals surface area (Å²) in [6.45, 7) is 15.3. The number of thiazole rings is 1. The lowest BCUT2D eigenvalue weighted by molar-refractivity contribution is -0.114. The van der Waals surface area contributed by atoms with Gasteiger partial charge in [-0.25, -0.2) is 4.98 Å². The number of β-amino-alcohol motifs (C(OH)–C–C–N with tert-alkyl or cyclic N) is 1. The summed E-state index contributed by atoms with van der Waals surface area (Å²) in [6, 6.07) is 10.1. The highest BCUT2D eigenvalue weighted by atomic mass is 32.1. The number of hydrogen-bond donors (Lipinski definition) is 2. The second-order valence-corrected chi connectivity index (χ2v) is 11.3. The third-order valence-corrected chi connectivity index (χ3v) is 7.65. The van der Waals surface area contributed by atoms with E-state index in [0.717, 1.165) is 63.1 Å². The number of carbonyl (C=O) groups is 1. The van der Waals surface area contributed by atoms with E-state index in [1.165, 1.54) is 0 Å². The summed E-state index contributed by atoms with van der Waals surface area (Å²) in [5, 5.41) is 14.8. The zero-order valence-corrected chi connectivity index (χ0v) is 22.3. The number of rotatable bonds is 7. The topological polar surface area (TPSA) is 77.9 Å². The minimum absolute atomic E-state index is 0.0590. The Bertz CT molecular complexity index is 1220. The molecule has 1 amide bonds. The summed E-state index contributed by atoms with van der Waals surface area (Å²) in [7, 11) is 0. The third kappa shape index (κ3) is 5.77. The van der Waals surface area contributed by atoms with Gasteiger partial charge in [-0.05, 0) is 63.9 Å². The molecule has 1 aliphatic heterocycles. The van der Waals surface area contributed by atoms with E-state index in [-0.39, 0.29) is 18.1 Å². The van der Waals surface area contributed by atoms with Gasteiger partial charge in [0, 0.05) is 56.1 Å². The number of carbonyl (C=O) groups excluding carboxylic acids is 1. The number of anilines is 2. The van der Waals surface area contributed by atoms with E-state index in [1.54, 1.807) is 18.3 Å². The maximum atomic E-state index is 11.7. The van der Waals surface area contributed by atoms with Gasteiger partial charge < -0.3 is 20.1 Å². The molecule has 35 heavy (non-hydrogen) atoms.